The van der Waals surface area contributed by atoms with Gasteiger partial charge in [-0.25, -0.2) is 9.13 Å². The number of unbranched alkanes of at least 4 members (excludes halogenated alkanes) is 1. The Labute approximate surface area is 194 Å². The predicted octanol–water partition coefficient (Wildman–Crippen LogP) is -1.22. The zero-order valence-corrected chi connectivity index (χ0v) is 19.7. The number of nitrogens with zero attached hydrogens (tertiary/aromatic N) is 3. The van der Waals surface area contributed by atoms with Crippen molar-refractivity contribution in [3.63, 3.8) is 0 Å². The number of rotatable bonds is 12. The number of nitrogens with two attached hydrogens (primary N) is 2. The molecule has 1 aliphatic rings. The van der Waals surface area contributed by atoms with Crippen LogP contribution in [0.4, 0.5) is 5.82 Å². The van der Waals surface area contributed by atoms with E-state index < -0.39 is 52.8 Å². The lowest BCUT2D eigenvalue weighted by Crippen LogP contribution is -2.38. The quantitative estimate of drug-likeness (QED) is 0.0896. The second-order valence-electron chi connectivity index (χ2n) is 7.44. The Morgan fingerprint density at radius 2 is 1.97 bits per heavy atom. The van der Waals surface area contributed by atoms with Crippen LogP contribution in [0.25, 0.3) is 0 Å². The summed E-state index contributed by atoms with van der Waals surface area (Å²) in [6.07, 6.45) is -3.25. The molecule has 34 heavy (non-hydrogen) atoms. The topological polar surface area (TPSA) is 265 Å². The molecule has 0 saturated carbocycles. The van der Waals surface area contributed by atoms with Gasteiger partial charge in [0.05, 0.1) is 12.6 Å². The van der Waals surface area contributed by atoms with Crippen LogP contribution in [-0.4, -0.2) is 76.8 Å². The molecule has 1 saturated heterocycles. The summed E-state index contributed by atoms with van der Waals surface area (Å²) in [5.74, 6) is -0.0329. The Morgan fingerprint density at radius 1 is 1.29 bits per heavy atom. The summed E-state index contributed by atoms with van der Waals surface area (Å²) in [5, 5.41) is 19.9. The smallest absolute Gasteiger partial charge is 0.470 e. The lowest BCUT2D eigenvalue weighted by molar-refractivity contribution is -0.0545. The molecule has 16 nitrogen and oxygen atoms in total. The first kappa shape index (κ1) is 28.6. The maximum atomic E-state index is 11.4. The van der Waals surface area contributed by atoms with Crippen molar-refractivity contribution in [2.75, 3.05) is 18.9 Å². The van der Waals surface area contributed by atoms with Gasteiger partial charge in [-0.3, -0.25) is 18.6 Å². The largest absolute Gasteiger partial charge is 0.511 e. The second-order valence-corrected chi connectivity index (χ2v) is 9.87. The van der Waals surface area contributed by atoms with Gasteiger partial charge >= 0.3 is 15.6 Å². The number of aromatic nitrogens is 2. The Kier molecular flexibility index (Phi) is 9.94. The highest BCUT2D eigenvalue weighted by molar-refractivity contribution is 7.46. The van der Waals surface area contributed by atoms with Gasteiger partial charge in [0.2, 0.25) is 5.62 Å². The van der Waals surface area contributed by atoms with Gasteiger partial charge < -0.3 is 46.0 Å². The van der Waals surface area contributed by atoms with Crippen molar-refractivity contribution in [3.05, 3.63) is 30.2 Å². The lowest BCUT2D eigenvalue weighted by Gasteiger charge is -2.21. The first-order valence-corrected chi connectivity index (χ1v) is 13.0. The number of hydrogen-bond donors (Lipinski definition) is 8. The van der Waals surface area contributed by atoms with Crippen molar-refractivity contribution in [3.8, 4) is 0 Å². The van der Waals surface area contributed by atoms with Crippen LogP contribution in [0.5, 0.6) is 0 Å². The van der Waals surface area contributed by atoms with Crippen molar-refractivity contribution >= 4 is 21.5 Å². The standard InChI is InChI=1S/C16H29N5O11P2/c1-9(22)10(17)4-2-3-6-19-16-20-12(18)5-7-21(16)15-13(23)14(32-34(27,28)29)11(31-15)8-30-33(24,25)26/h5,7,10-11,13-15,22-23H,1-4,6,8,17H2,(H2,18,19,20)(H2,24,25,26)(H2,27,28,29)/t10-,11+,13+,14+,15+/m0/s1. The third-order valence-corrected chi connectivity index (χ3v) is 5.72. The van der Waals surface area contributed by atoms with Crippen LogP contribution in [0, 0.1) is 0 Å². The number of ether oxygens (including phenoxy) is 1. The number of phosphoric ester groups is 2. The third kappa shape index (κ3) is 8.83. The van der Waals surface area contributed by atoms with Crippen molar-refractivity contribution in [1.29, 1.82) is 0 Å². The van der Waals surface area contributed by atoms with Crippen LogP contribution < -0.4 is 17.1 Å². The Hall–Kier alpha value is -1.68. The van der Waals surface area contributed by atoms with Crippen LogP contribution >= 0.6 is 15.6 Å². The first-order chi connectivity index (χ1) is 15.7. The molecule has 1 aliphatic heterocycles. The minimum atomic E-state index is -5.12. The molecule has 1 aromatic heterocycles. The van der Waals surface area contributed by atoms with Gasteiger partial charge in [0.15, 0.2) is 6.23 Å². The van der Waals surface area contributed by atoms with Crippen LogP contribution in [0.2, 0.25) is 0 Å². The summed E-state index contributed by atoms with van der Waals surface area (Å²) >= 11 is 0. The van der Waals surface area contributed by atoms with Gasteiger partial charge in [0, 0.05) is 12.7 Å². The van der Waals surface area contributed by atoms with Gasteiger partial charge in [-0.1, -0.05) is 6.58 Å². The average molecular weight is 529 g/mol. The summed E-state index contributed by atoms with van der Waals surface area (Å²) in [5.41, 5.74) is 11.4. The van der Waals surface area contributed by atoms with E-state index in [1.807, 2.05) is 0 Å². The molecule has 0 amide bonds. The van der Waals surface area contributed by atoms with Gasteiger partial charge in [-0.2, -0.15) is 4.98 Å². The fourth-order valence-corrected chi connectivity index (χ4v) is 4.03. The molecule has 0 aromatic carbocycles. The number of anilines is 1. The predicted molar refractivity (Wildman–Crippen MR) is 115 cm³/mol. The lowest BCUT2D eigenvalue weighted by atomic mass is 10.1. The molecule has 2 heterocycles. The van der Waals surface area contributed by atoms with E-state index in [4.69, 9.17) is 26.0 Å². The third-order valence-electron chi connectivity index (χ3n) is 4.72. The molecule has 0 unspecified atom stereocenters. The molecule has 0 aliphatic carbocycles. The Morgan fingerprint density at radius 3 is 2.56 bits per heavy atom. The van der Waals surface area contributed by atoms with Crippen LogP contribution in [0.1, 0.15) is 25.5 Å². The second kappa shape index (κ2) is 11.8. The van der Waals surface area contributed by atoms with Crippen LogP contribution in [-0.2, 0) is 22.9 Å². The maximum absolute atomic E-state index is 11.4. The minimum absolute atomic E-state index is 0.00593. The number of aliphatic hydroxyl groups excluding tert-OH is 2. The fourth-order valence-electron chi connectivity index (χ4n) is 3.11. The zero-order chi connectivity index (χ0) is 25.7. The molecule has 18 heteroatoms. The normalized spacial score (nSPS) is 24.9. The zero-order valence-electron chi connectivity index (χ0n) is 17.9. The summed E-state index contributed by atoms with van der Waals surface area (Å²) in [4.78, 5) is 44.6. The molecule has 5 atom stereocenters. The first-order valence-electron chi connectivity index (χ1n) is 9.94. The summed E-state index contributed by atoms with van der Waals surface area (Å²) in [6.45, 7) is 2.77. The molecule has 0 spiro atoms. The highest BCUT2D eigenvalue weighted by Gasteiger charge is 2.49. The molecule has 194 valence electrons. The van der Waals surface area contributed by atoms with Gasteiger partial charge in [0.1, 0.15) is 29.9 Å². The molecule has 0 bridgehead atoms. The molecular weight excluding hydrogens is 500 g/mol. The highest BCUT2D eigenvalue weighted by atomic mass is 31.2. The number of phosphoric acid groups is 2. The Bertz CT molecular complexity index is 1010. The monoisotopic (exact) mass is 529 g/mol. The van der Waals surface area contributed by atoms with E-state index in [9.17, 15) is 29.1 Å². The average Bonchev–Trinajstić information content (AvgIpc) is 2.99. The van der Waals surface area contributed by atoms with Crippen molar-refractivity contribution in [2.45, 2.75) is 49.8 Å². The van der Waals surface area contributed by atoms with Crippen LogP contribution in [0.3, 0.4) is 0 Å². The number of nitrogen functional groups attached to an aromatic ring is 1. The van der Waals surface area contributed by atoms with Gasteiger partial charge in [-0.05, 0) is 25.3 Å². The summed E-state index contributed by atoms with van der Waals surface area (Å²) < 4.78 is 38.1. The SMILES string of the molecule is C=C(O)[C@@H](N)CCCCN=c1nc(N)ccn1[C@@H]1O[C@H](COP(=O)(O)O)[C@@H](OP(=O)(O)O)[C@H]1O. The Balaban J connectivity index is 2.24. The number of hydrogen-bond acceptors (Lipinski definition) is 11. The van der Waals surface area contributed by atoms with E-state index in [0.29, 0.717) is 19.3 Å². The summed E-state index contributed by atoms with van der Waals surface area (Å²) in [6, 6.07) is 0.801. The van der Waals surface area contributed by atoms with E-state index in [0.717, 1.165) is 0 Å². The molecule has 1 aromatic rings. The van der Waals surface area contributed by atoms with Crippen molar-refractivity contribution < 1.29 is 52.7 Å². The van der Waals surface area contributed by atoms with E-state index in [1.54, 1.807) is 0 Å². The van der Waals surface area contributed by atoms with Crippen LogP contribution in [0.15, 0.2) is 29.6 Å². The molecule has 2 rings (SSSR count). The molecule has 0 radical (unpaired) electrons. The molecular formula is C16H29N5O11P2. The molecule has 1 fully saturated rings. The van der Waals surface area contributed by atoms with E-state index in [-0.39, 0.29) is 23.7 Å². The van der Waals surface area contributed by atoms with E-state index >= 15 is 0 Å². The minimum Gasteiger partial charge on any atom is -0.511 e. The molecule has 10 N–H and O–H groups in total. The highest BCUT2D eigenvalue weighted by Crippen LogP contribution is 2.45. The number of aliphatic hydroxyl groups is 2. The van der Waals surface area contributed by atoms with Gasteiger partial charge in [-0.15, -0.1) is 0 Å². The van der Waals surface area contributed by atoms with E-state index in [1.165, 1.54) is 16.8 Å². The fraction of sp³-hybridized carbons (Fsp3) is 0.625. The van der Waals surface area contributed by atoms with E-state index in [2.05, 4.69) is 25.6 Å². The van der Waals surface area contributed by atoms with Gasteiger partial charge in [0.25, 0.3) is 0 Å². The maximum Gasteiger partial charge on any atom is 0.470 e. The van der Waals surface area contributed by atoms with Crippen molar-refractivity contribution in [1.82, 2.24) is 9.55 Å². The van der Waals surface area contributed by atoms with Crippen molar-refractivity contribution in [2.24, 2.45) is 10.7 Å². The summed E-state index contributed by atoms with van der Waals surface area (Å²) in [7, 11) is -10.1.